The summed E-state index contributed by atoms with van der Waals surface area (Å²) in [5, 5.41) is 17.6. The maximum atomic E-state index is 8.84. The van der Waals surface area contributed by atoms with Gasteiger partial charge in [0.1, 0.15) is 11.9 Å². The molecule has 1 aromatic heterocycles. The van der Waals surface area contributed by atoms with Crippen LogP contribution in [0.1, 0.15) is 11.3 Å². The minimum Gasteiger partial charge on any atom is -0.488 e. The van der Waals surface area contributed by atoms with Crippen molar-refractivity contribution in [3.05, 3.63) is 40.7 Å². The first-order valence-corrected chi connectivity index (χ1v) is 6.57. The zero-order valence-electron chi connectivity index (χ0n) is 10.3. The molecule has 1 aliphatic rings. The number of benzene rings is 1. The topological polar surface area (TPSA) is 60.2 Å². The van der Waals surface area contributed by atoms with Crippen molar-refractivity contribution in [2.24, 2.45) is 0 Å². The lowest BCUT2D eigenvalue weighted by molar-refractivity contribution is 0.202. The second kappa shape index (κ2) is 5.19. The molecule has 0 fully saturated rings. The van der Waals surface area contributed by atoms with Gasteiger partial charge in [0.15, 0.2) is 0 Å². The van der Waals surface area contributed by atoms with Crippen LogP contribution in [0.3, 0.4) is 0 Å². The van der Waals surface area contributed by atoms with Gasteiger partial charge in [0.2, 0.25) is 0 Å². The number of rotatable bonds is 4. The maximum absolute atomic E-state index is 8.84. The summed E-state index contributed by atoms with van der Waals surface area (Å²) >= 11 is 5.96. The zero-order chi connectivity index (χ0) is 13.2. The summed E-state index contributed by atoms with van der Waals surface area (Å²) in [7, 11) is 0. The van der Waals surface area contributed by atoms with Crippen LogP contribution in [0.5, 0.6) is 5.75 Å². The molecule has 2 aromatic rings. The number of aromatic nitrogens is 3. The fourth-order valence-electron chi connectivity index (χ4n) is 2.26. The highest BCUT2D eigenvalue weighted by Crippen LogP contribution is 2.31. The summed E-state index contributed by atoms with van der Waals surface area (Å²) < 4.78 is 7.59. The Morgan fingerprint density at radius 2 is 2.37 bits per heavy atom. The normalized spacial score (nSPS) is 17.3. The van der Waals surface area contributed by atoms with Crippen LogP contribution in [0.15, 0.2) is 24.4 Å². The third-order valence-corrected chi connectivity index (χ3v) is 3.34. The molecule has 1 unspecified atom stereocenters. The number of hydrogen-bond acceptors (Lipinski definition) is 4. The SMILES string of the molecule is OCCc1cn(CC2Cc3cc(Cl)ccc3O2)nn1. The van der Waals surface area contributed by atoms with E-state index in [0.29, 0.717) is 13.0 Å². The predicted molar refractivity (Wildman–Crippen MR) is 70.4 cm³/mol. The van der Waals surface area contributed by atoms with Crippen molar-refractivity contribution in [2.75, 3.05) is 6.61 Å². The number of halogens is 1. The minimum absolute atomic E-state index is 0.0529. The van der Waals surface area contributed by atoms with E-state index in [1.165, 1.54) is 0 Å². The maximum Gasteiger partial charge on any atom is 0.123 e. The summed E-state index contributed by atoms with van der Waals surface area (Å²) in [6.07, 6.45) is 3.25. The predicted octanol–water partition coefficient (Wildman–Crippen LogP) is 1.47. The first-order valence-electron chi connectivity index (χ1n) is 6.19. The zero-order valence-corrected chi connectivity index (χ0v) is 11.0. The van der Waals surface area contributed by atoms with Gasteiger partial charge in [0.05, 0.1) is 12.2 Å². The number of hydrogen-bond donors (Lipinski definition) is 1. The van der Waals surface area contributed by atoms with Crippen molar-refractivity contribution >= 4 is 11.6 Å². The molecule has 0 radical (unpaired) electrons. The molecule has 0 saturated carbocycles. The van der Waals surface area contributed by atoms with Gasteiger partial charge in [-0.3, -0.25) is 0 Å². The molecule has 0 aliphatic carbocycles. The summed E-state index contributed by atoms with van der Waals surface area (Å²) in [6.45, 7) is 0.729. The fourth-order valence-corrected chi connectivity index (χ4v) is 2.45. The Bertz CT molecular complexity index is 585. The smallest absolute Gasteiger partial charge is 0.123 e. The minimum atomic E-state index is 0.0529. The van der Waals surface area contributed by atoms with E-state index in [2.05, 4.69) is 10.3 Å². The highest BCUT2D eigenvalue weighted by atomic mass is 35.5. The Morgan fingerprint density at radius 1 is 1.47 bits per heavy atom. The Labute approximate surface area is 115 Å². The number of nitrogens with zero attached hydrogens (tertiary/aromatic N) is 3. The molecule has 6 heteroatoms. The van der Waals surface area contributed by atoms with E-state index in [9.17, 15) is 0 Å². The van der Waals surface area contributed by atoms with Crippen LogP contribution in [0.25, 0.3) is 0 Å². The van der Waals surface area contributed by atoms with Crippen molar-refractivity contribution in [1.82, 2.24) is 15.0 Å². The standard InChI is InChI=1S/C13H14ClN3O2/c14-10-1-2-13-9(5-10)6-12(19-13)8-17-7-11(3-4-18)15-16-17/h1-2,5,7,12,18H,3-4,6,8H2. The van der Waals surface area contributed by atoms with Crippen molar-refractivity contribution in [3.8, 4) is 5.75 Å². The Hall–Kier alpha value is -1.59. The van der Waals surface area contributed by atoms with Crippen LogP contribution in [0, 0.1) is 0 Å². The highest BCUT2D eigenvalue weighted by molar-refractivity contribution is 6.30. The van der Waals surface area contributed by atoms with E-state index < -0.39 is 0 Å². The summed E-state index contributed by atoms with van der Waals surface area (Å²) in [5.74, 6) is 0.894. The van der Waals surface area contributed by atoms with E-state index in [0.717, 1.165) is 28.5 Å². The average molecular weight is 280 g/mol. The van der Waals surface area contributed by atoms with Crippen LogP contribution in [0.2, 0.25) is 5.02 Å². The van der Waals surface area contributed by atoms with Gasteiger partial charge >= 0.3 is 0 Å². The molecular weight excluding hydrogens is 266 g/mol. The average Bonchev–Trinajstić information content (AvgIpc) is 2.96. The molecule has 1 aliphatic heterocycles. The monoisotopic (exact) mass is 279 g/mol. The van der Waals surface area contributed by atoms with Gasteiger partial charge in [0, 0.05) is 30.7 Å². The van der Waals surface area contributed by atoms with Gasteiger partial charge < -0.3 is 9.84 Å². The molecule has 19 heavy (non-hydrogen) atoms. The number of aliphatic hydroxyl groups excluding tert-OH is 1. The number of ether oxygens (including phenoxy) is 1. The molecule has 100 valence electrons. The molecule has 0 saturated heterocycles. The van der Waals surface area contributed by atoms with Gasteiger partial charge in [0.25, 0.3) is 0 Å². The molecule has 1 N–H and O–H groups in total. The Kier molecular flexibility index (Phi) is 3.40. The summed E-state index contributed by atoms with van der Waals surface area (Å²) in [5.41, 5.74) is 1.93. The first kappa shape index (κ1) is 12.4. The third kappa shape index (κ3) is 2.72. The van der Waals surface area contributed by atoms with Gasteiger partial charge in [-0.25, -0.2) is 4.68 Å². The first-order chi connectivity index (χ1) is 9.24. The van der Waals surface area contributed by atoms with Crippen LogP contribution >= 0.6 is 11.6 Å². The van der Waals surface area contributed by atoms with Gasteiger partial charge in [-0.05, 0) is 23.8 Å². The lowest BCUT2D eigenvalue weighted by Crippen LogP contribution is -2.21. The second-order valence-electron chi connectivity index (χ2n) is 4.60. The molecule has 0 bridgehead atoms. The largest absolute Gasteiger partial charge is 0.488 e. The van der Waals surface area contributed by atoms with Crippen molar-refractivity contribution in [1.29, 1.82) is 0 Å². The lowest BCUT2D eigenvalue weighted by atomic mass is 10.1. The molecule has 0 spiro atoms. The van der Waals surface area contributed by atoms with E-state index in [4.69, 9.17) is 21.4 Å². The van der Waals surface area contributed by atoms with Crippen molar-refractivity contribution < 1.29 is 9.84 Å². The Balaban J connectivity index is 1.66. The van der Waals surface area contributed by atoms with Crippen molar-refractivity contribution in [3.63, 3.8) is 0 Å². The molecular formula is C13H14ClN3O2. The van der Waals surface area contributed by atoms with Crippen LogP contribution in [0.4, 0.5) is 0 Å². The second-order valence-corrected chi connectivity index (χ2v) is 5.04. The molecule has 1 aromatic carbocycles. The molecule has 5 nitrogen and oxygen atoms in total. The van der Waals surface area contributed by atoms with Crippen LogP contribution in [-0.2, 0) is 19.4 Å². The molecule has 2 heterocycles. The number of fused-ring (bicyclic) bond motifs is 1. The van der Waals surface area contributed by atoms with Gasteiger partial charge in [-0.2, -0.15) is 0 Å². The lowest BCUT2D eigenvalue weighted by Gasteiger charge is -2.09. The van der Waals surface area contributed by atoms with Gasteiger partial charge in [-0.1, -0.05) is 16.8 Å². The van der Waals surface area contributed by atoms with E-state index >= 15 is 0 Å². The molecule has 1 atom stereocenters. The van der Waals surface area contributed by atoms with E-state index in [1.54, 1.807) is 4.68 Å². The fraction of sp³-hybridized carbons (Fsp3) is 0.385. The third-order valence-electron chi connectivity index (χ3n) is 3.11. The Morgan fingerprint density at radius 3 is 3.21 bits per heavy atom. The van der Waals surface area contributed by atoms with Crippen LogP contribution in [-0.4, -0.2) is 32.8 Å². The number of aliphatic hydroxyl groups is 1. The molecule has 0 amide bonds. The quantitative estimate of drug-likeness (QED) is 0.921. The summed E-state index contributed by atoms with van der Waals surface area (Å²) in [4.78, 5) is 0. The highest BCUT2D eigenvalue weighted by Gasteiger charge is 2.23. The van der Waals surface area contributed by atoms with Crippen LogP contribution < -0.4 is 4.74 Å². The molecule has 3 rings (SSSR count). The van der Waals surface area contributed by atoms with Gasteiger partial charge in [-0.15, -0.1) is 5.10 Å². The summed E-state index contributed by atoms with van der Waals surface area (Å²) in [6, 6.07) is 5.67. The van der Waals surface area contributed by atoms with E-state index in [-0.39, 0.29) is 12.7 Å². The van der Waals surface area contributed by atoms with E-state index in [1.807, 2.05) is 24.4 Å². The van der Waals surface area contributed by atoms with Crippen molar-refractivity contribution in [2.45, 2.75) is 25.5 Å².